The largest absolute Gasteiger partial charge is 0.380 e. The monoisotopic (exact) mass is 499 g/mol. The van der Waals surface area contributed by atoms with Crippen molar-refractivity contribution in [1.82, 2.24) is 14.9 Å². The number of nitrogens with one attached hydrogen (secondary N) is 2. The molecule has 1 aromatic carbocycles. The van der Waals surface area contributed by atoms with E-state index in [-0.39, 0.29) is 35.1 Å². The van der Waals surface area contributed by atoms with Crippen LogP contribution in [-0.2, 0) is 11.3 Å². The first-order chi connectivity index (χ1) is 17.2. The lowest BCUT2D eigenvalue weighted by molar-refractivity contribution is -0.118. The third kappa shape index (κ3) is 5.71. The summed E-state index contributed by atoms with van der Waals surface area (Å²) >= 11 is 0. The zero-order valence-corrected chi connectivity index (χ0v) is 19.4. The molecule has 4 rings (SSSR count). The number of amides is 2. The predicted molar refractivity (Wildman–Crippen MR) is 128 cm³/mol. The Morgan fingerprint density at radius 1 is 1.06 bits per heavy atom. The molecule has 1 saturated heterocycles. The summed E-state index contributed by atoms with van der Waals surface area (Å²) in [5.41, 5.74) is 6.00. The van der Waals surface area contributed by atoms with E-state index in [0.717, 1.165) is 12.6 Å². The van der Waals surface area contributed by atoms with Crippen LogP contribution in [0.25, 0.3) is 0 Å². The maximum absolute atomic E-state index is 14.0. The Morgan fingerprint density at radius 3 is 2.56 bits per heavy atom. The minimum Gasteiger partial charge on any atom is -0.380 e. The van der Waals surface area contributed by atoms with Gasteiger partial charge in [-0.1, -0.05) is 0 Å². The number of nitrogens with two attached hydrogens (primary N) is 1. The van der Waals surface area contributed by atoms with Gasteiger partial charge in [0, 0.05) is 56.5 Å². The second kappa shape index (κ2) is 10.6. The van der Waals surface area contributed by atoms with Gasteiger partial charge in [-0.05, 0) is 25.2 Å². The van der Waals surface area contributed by atoms with Gasteiger partial charge in [-0.25, -0.2) is 23.1 Å². The van der Waals surface area contributed by atoms with E-state index in [0.29, 0.717) is 37.1 Å². The topological polar surface area (TPSA) is 116 Å². The maximum Gasteiger partial charge on any atom is 0.252 e. The SMILES string of the molecule is CN1CCC(=O)N(c2ccc(Nc3cc(NCc4cc(F)cc(F)c4F)c(C(N)=O)cn3)nc2)CC1. The van der Waals surface area contributed by atoms with Crippen LogP contribution >= 0.6 is 0 Å². The molecule has 1 aliphatic heterocycles. The number of likely N-dealkylation sites (N-methyl/N-ethyl adjacent to an activating group) is 1. The number of pyridine rings is 2. The number of benzene rings is 1. The van der Waals surface area contributed by atoms with Gasteiger partial charge in [0.15, 0.2) is 11.6 Å². The van der Waals surface area contributed by atoms with Gasteiger partial charge in [0.2, 0.25) is 5.91 Å². The average molecular weight is 499 g/mol. The van der Waals surface area contributed by atoms with Crippen molar-refractivity contribution >= 4 is 34.8 Å². The van der Waals surface area contributed by atoms with Crippen molar-refractivity contribution in [2.24, 2.45) is 5.73 Å². The molecule has 0 bridgehead atoms. The molecule has 0 spiro atoms. The van der Waals surface area contributed by atoms with Crippen LogP contribution in [0.2, 0.25) is 0 Å². The molecule has 0 saturated carbocycles. The van der Waals surface area contributed by atoms with E-state index < -0.39 is 23.4 Å². The Balaban J connectivity index is 1.50. The molecule has 188 valence electrons. The van der Waals surface area contributed by atoms with Crippen molar-refractivity contribution in [2.75, 3.05) is 42.2 Å². The molecule has 4 N–H and O–H groups in total. The molecule has 0 unspecified atom stereocenters. The number of rotatable bonds is 7. The van der Waals surface area contributed by atoms with Gasteiger partial charge >= 0.3 is 0 Å². The predicted octanol–water partition coefficient (Wildman–Crippen LogP) is 3.02. The first-order valence-electron chi connectivity index (χ1n) is 11.1. The first-order valence-corrected chi connectivity index (χ1v) is 11.1. The van der Waals surface area contributed by atoms with Gasteiger partial charge < -0.3 is 26.2 Å². The fourth-order valence-corrected chi connectivity index (χ4v) is 3.75. The molecule has 3 heterocycles. The number of carbonyl (C=O) groups excluding carboxylic acids is 2. The van der Waals surface area contributed by atoms with Gasteiger partial charge in [0.05, 0.1) is 23.1 Å². The molecule has 3 aromatic rings. The fraction of sp³-hybridized carbons (Fsp3) is 0.250. The van der Waals surface area contributed by atoms with E-state index in [1.54, 1.807) is 23.2 Å². The number of halogens is 3. The molecule has 1 aliphatic rings. The summed E-state index contributed by atoms with van der Waals surface area (Å²) in [5, 5.41) is 5.76. The van der Waals surface area contributed by atoms with Crippen LogP contribution in [0.1, 0.15) is 22.3 Å². The Morgan fingerprint density at radius 2 is 1.83 bits per heavy atom. The van der Waals surface area contributed by atoms with Crippen molar-refractivity contribution in [2.45, 2.75) is 13.0 Å². The molecule has 2 amide bonds. The van der Waals surface area contributed by atoms with E-state index in [2.05, 4.69) is 25.5 Å². The third-order valence-corrected chi connectivity index (χ3v) is 5.74. The molecule has 2 aromatic heterocycles. The highest BCUT2D eigenvalue weighted by Crippen LogP contribution is 2.24. The first kappa shape index (κ1) is 24.9. The summed E-state index contributed by atoms with van der Waals surface area (Å²) in [6.45, 7) is 1.71. The molecule has 1 fully saturated rings. The average Bonchev–Trinajstić information content (AvgIpc) is 3.01. The maximum atomic E-state index is 14.0. The zero-order chi connectivity index (χ0) is 25.8. The minimum atomic E-state index is -1.32. The summed E-state index contributed by atoms with van der Waals surface area (Å²) in [7, 11) is 1.97. The summed E-state index contributed by atoms with van der Waals surface area (Å²) in [6.07, 6.45) is 3.22. The minimum absolute atomic E-state index is 0.00536. The Labute approximate surface area is 205 Å². The number of carbonyl (C=O) groups is 2. The van der Waals surface area contributed by atoms with E-state index in [9.17, 15) is 22.8 Å². The molecular weight excluding hydrogens is 475 g/mol. The van der Waals surface area contributed by atoms with Gasteiger partial charge in [-0.15, -0.1) is 0 Å². The van der Waals surface area contributed by atoms with Gasteiger partial charge in [-0.2, -0.15) is 0 Å². The number of aromatic nitrogens is 2. The van der Waals surface area contributed by atoms with Crippen LogP contribution in [0.5, 0.6) is 0 Å². The highest BCUT2D eigenvalue weighted by atomic mass is 19.2. The molecular formula is C24H24F3N7O2. The van der Waals surface area contributed by atoms with Crippen LogP contribution in [0.3, 0.4) is 0 Å². The second-order valence-corrected chi connectivity index (χ2v) is 8.32. The zero-order valence-electron chi connectivity index (χ0n) is 19.4. The normalized spacial score (nSPS) is 14.4. The van der Waals surface area contributed by atoms with E-state index in [1.807, 2.05) is 7.05 Å². The van der Waals surface area contributed by atoms with Gasteiger partial charge in [0.25, 0.3) is 5.91 Å². The summed E-state index contributed by atoms with van der Waals surface area (Å²) in [5.74, 6) is -3.52. The molecule has 36 heavy (non-hydrogen) atoms. The van der Waals surface area contributed by atoms with Crippen molar-refractivity contribution in [1.29, 1.82) is 0 Å². The Hall–Kier alpha value is -4.19. The molecule has 0 aliphatic carbocycles. The molecule has 0 atom stereocenters. The lowest BCUT2D eigenvalue weighted by Crippen LogP contribution is -2.32. The van der Waals surface area contributed by atoms with Crippen LogP contribution in [0.15, 0.2) is 42.7 Å². The number of anilines is 4. The van der Waals surface area contributed by atoms with E-state index >= 15 is 0 Å². The van der Waals surface area contributed by atoms with Crippen molar-refractivity contribution < 1.29 is 22.8 Å². The lowest BCUT2D eigenvalue weighted by Gasteiger charge is -2.20. The van der Waals surface area contributed by atoms with Crippen molar-refractivity contribution in [3.05, 3.63) is 71.3 Å². The van der Waals surface area contributed by atoms with Gasteiger partial charge in [0.1, 0.15) is 17.5 Å². The van der Waals surface area contributed by atoms with E-state index in [1.165, 1.54) is 12.3 Å². The van der Waals surface area contributed by atoms with Crippen molar-refractivity contribution in [3.63, 3.8) is 0 Å². The number of hydrogen-bond donors (Lipinski definition) is 3. The van der Waals surface area contributed by atoms with Crippen LogP contribution < -0.4 is 21.3 Å². The third-order valence-electron chi connectivity index (χ3n) is 5.74. The highest BCUT2D eigenvalue weighted by molar-refractivity contribution is 5.98. The highest BCUT2D eigenvalue weighted by Gasteiger charge is 2.21. The van der Waals surface area contributed by atoms with Crippen LogP contribution in [0, 0.1) is 17.5 Å². The standard InChI is InChI=1S/C24H24F3N7O2/c1-33-5-4-22(35)34(7-6-33)16-2-3-20(30-12-16)32-21-10-19(17(13-31-21)24(28)36)29-11-14-8-15(25)9-18(26)23(14)27/h2-3,8-10,12-13H,4-7,11H2,1H3,(H2,28,36)(H2,29,30,31,32). The summed E-state index contributed by atoms with van der Waals surface area (Å²) in [4.78, 5) is 36.5. The smallest absolute Gasteiger partial charge is 0.252 e. The van der Waals surface area contributed by atoms with Gasteiger partial charge in [-0.3, -0.25) is 9.59 Å². The Bertz CT molecular complexity index is 1290. The number of hydrogen-bond acceptors (Lipinski definition) is 7. The molecule has 12 heteroatoms. The summed E-state index contributed by atoms with van der Waals surface area (Å²) in [6, 6.07) is 6.18. The molecule has 0 radical (unpaired) electrons. The Kier molecular flexibility index (Phi) is 7.34. The number of primary amides is 1. The second-order valence-electron chi connectivity index (χ2n) is 8.32. The van der Waals surface area contributed by atoms with Crippen LogP contribution in [0.4, 0.5) is 36.2 Å². The fourth-order valence-electron chi connectivity index (χ4n) is 3.75. The van der Waals surface area contributed by atoms with Crippen molar-refractivity contribution in [3.8, 4) is 0 Å². The quantitative estimate of drug-likeness (QED) is 0.428. The van der Waals surface area contributed by atoms with Crippen LogP contribution in [-0.4, -0.2) is 53.4 Å². The molecule has 9 nitrogen and oxygen atoms in total. The summed E-state index contributed by atoms with van der Waals surface area (Å²) < 4.78 is 41.0. The lowest BCUT2D eigenvalue weighted by atomic mass is 10.1. The number of nitrogens with zero attached hydrogens (tertiary/aromatic N) is 4. The van der Waals surface area contributed by atoms with E-state index in [4.69, 9.17) is 5.73 Å².